The van der Waals surface area contributed by atoms with Gasteiger partial charge >= 0.3 is 12.4 Å². The van der Waals surface area contributed by atoms with Gasteiger partial charge in [0.05, 0.1) is 5.56 Å². The number of nitrogens with zero attached hydrogens (tertiary/aromatic N) is 1. The first-order chi connectivity index (χ1) is 7.59. The van der Waals surface area contributed by atoms with Gasteiger partial charge in [-0.2, -0.15) is 26.3 Å². The van der Waals surface area contributed by atoms with Crippen LogP contribution in [0, 0.1) is 6.92 Å². The summed E-state index contributed by atoms with van der Waals surface area (Å²) in [6, 6.07) is 0.679. The van der Waals surface area contributed by atoms with E-state index in [1.54, 1.807) is 0 Å². The maximum atomic E-state index is 12.2. The first kappa shape index (κ1) is 13.6. The molecular formula is C9H7F6NO. The van der Waals surface area contributed by atoms with Gasteiger partial charge in [-0.15, -0.1) is 0 Å². The van der Waals surface area contributed by atoms with Crippen LogP contribution in [0.4, 0.5) is 26.3 Å². The highest BCUT2D eigenvalue weighted by atomic mass is 19.4. The van der Waals surface area contributed by atoms with Crippen molar-refractivity contribution >= 4 is 0 Å². The lowest BCUT2D eigenvalue weighted by atomic mass is 10.2. The molecule has 0 radical (unpaired) electrons. The Morgan fingerprint density at radius 3 is 2.18 bits per heavy atom. The second kappa shape index (κ2) is 4.42. The van der Waals surface area contributed by atoms with E-state index in [2.05, 4.69) is 9.72 Å². The molecule has 0 amide bonds. The second-order valence-electron chi connectivity index (χ2n) is 3.25. The molecule has 1 aromatic rings. The van der Waals surface area contributed by atoms with E-state index < -0.39 is 30.4 Å². The summed E-state index contributed by atoms with van der Waals surface area (Å²) < 4.78 is 76.3. The lowest BCUT2D eigenvalue weighted by molar-refractivity contribution is -0.154. The molecule has 0 spiro atoms. The number of aromatic nitrogens is 1. The number of aryl methyl sites for hydroxylation is 1. The first-order valence-electron chi connectivity index (χ1n) is 4.33. The molecule has 96 valence electrons. The fourth-order valence-corrected chi connectivity index (χ4v) is 1.02. The van der Waals surface area contributed by atoms with Gasteiger partial charge in [0.15, 0.2) is 6.61 Å². The van der Waals surface area contributed by atoms with Gasteiger partial charge in [-0.1, -0.05) is 0 Å². The fourth-order valence-electron chi connectivity index (χ4n) is 1.02. The predicted octanol–water partition coefficient (Wildman–Crippen LogP) is 3.35. The molecule has 0 saturated heterocycles. The molecule has 0 N–H and O–H groups in total. The number of alkyl halides is 6. The molecule has 1 heterocycles. The summed E-state index contributed by atoms with van der Waals surface area (Å²) in [6.45, 7) is -0.403. The van der Waals surface area contributed by atoms with Crippen molar-refractivity contribution in [1.82, 2.24) is 4.98 Å². The molecule has 0 aromatic carbocycles. The van der Waals surface area contributed by atoms with Gasteiger partial charge in [0.2, 0.25) is 5.88 Å². The van der Waals surface area contributed by atoms with Crippen molar-refractivity contribution in [2.75, 3.05) is 6.61 Å². The second-order valence-corrected chi connectivity index (χ2v) is 3.25. The first-order valence-corrected chi connectivity index (χ1v) is 4.33. The molecule has 0 saturated carbocycles. The highest BCUT2D eigenvalue weighted by Gasteiger charge is 2.32. The van der Waals surface area contributed by atoms with Crippen molar-refractivity contribution in [1.29, 1.82) is 0 Å². The lowest BCUT2D eigenvalue weighted by Gasteiger charge is -2.12. The van der Waals surface area contributed by atoms with Gasteiger partial charge in [-0.25, -0.2) is 4.98 Å². The standard InChI is InChI=1S/C9H7F6NO/c1-5-2-6(9(13,14)15)3-16-7(5)17-4-8(10,11)12/h2-3H,4H2,1H3. The zero-order valence-corrected chi connectivity index (χ0v) is 8.49. The molecule has 17 heavy (non-hydrogen) atoms. The summed E-state index contributed by atoms with van der Waals surface area (Å²) in [5.41, 5.74) is -1.14. The van der Waals surface area contributed by atoms with Crippen LogP contribution in [0.3, 0.4) is 0 Å². The molecule has 1 aromatic heterocycles. The molecule has 2 nitrogen and oxygen atoms in total. The Bertz CT molecular complexity index is 397. The molecule has 0 fully saturated rings. The van der Waals surface area contributed by atoms with Crippen molar-refractivity contribution in [2.45, 2.75) is 19.3 Å². The number of hydrogen-bond acceptors (Lipinski definition) is 2. The maximum absolute atomic E-state index is 12.2. The van der Waals surface area contributed by atoms with Crippen molar-refractivity contribution in [3.05, 3.63) is 23.4 Å². The Labute approximate surface area is 92.2 Å². The summed E-state index contributed by atoms with van der Waals surface area (Å²) in [6.07, 6.45) is -8.71. The van der Waals surface area contributed by atoms with Crippen molar-refractivity contribution < 1.29 is 31.1 Å². The SMILES string of the molecule is Cc1cc(C(F)(F)F)cnc1OCC(F)(F)F. The largest absolute Gasteiger partial charge is 0.468 e. The topological polar surface area (TPSA) is 22.1 Å². The molecule has 0 bridgehead atoms. The zero-order valence-electron chi connectivity index (χ0n) is 8.49. The number of rotatable bonds is 2. The van der Waals surface area contributed by atoms with Crippen LogP contribution in [0.15, 0.2) is 12.3 Å². The summed E-state index contributed by atoms with van der Waals surface area (Å²) in [5.74, 6) is -0.463. The summed E-state index contributed by atoms with van der Waals surface area (Å²) in [4.78, 5) is 3.21. The highest BCUT2D eigenvalue weighted by molar-refractivity contribution is 5.29. The molecule has 0 aliphatic rings. The smallest absolute Gasteiger partial charge is 0.422 e. The number of hydrogen-bond donors (Lipinski definition) is 0. The molecule has 8 heteroatoms. The van der Waals surface area contributed by atoms with Crippen molar-refractivity contribution in [2.24, 2.45) is 0 Å². The van der Waals surface area contributed by atoms with Crippen molar-refractivity contribution in [3.8, 4) is 5.88 Å². The molecule has 1 rings (SSSR count). The molecular weight excluding hydrogens is 252 g/mol. The maximum Gasteiger partial charge on any atom is 0.422 e. The third-order valence-electron chi connectivity index (χ3n) is 1.73. The van der Waals surface area contributed by atoms with Gasteiger partial charge in [0.25, 0.3) is 0 Å². The Morgan fingerprint density at radius 2 is 1.76 bits per heavy atom. The Kier molecular flexibility index (Phi) is 3.53. The molecule has 0 atom stereocenters. The summed E-state index contributed by atoms with van der Waals surface area (Å²) >= 11 is 0. The minimum Gasteiger partial charge on any atom is -0.468 e. The van der Waals surface area contributed by atoms with Crippen molar-refractivity contribution in [3.63, 3.8) is 0 Å². The Balaban J connectivity index is 2.84. The van der Waals surface area contributed by atoms with Gasteiger partial charge < -0.3 is 4.74 Å². The normalized spacial score (nSPS) is 12.6. The highest BCUT2D eigenvalue weighted by Crippen LogP contribution is 2.31. The molecule has 0 aliphatic heterocycles. The lowest BCUT2D eigenvalue weighted by Crippen LogP contribution is -2.20. The monoisotopic (exact) mass is 259 g/mol. The van der Waals surface area contributed by atoms with E-state index >= 15 is 0 Å². The van der Waals surface area contributed by atoms with E-state index in [0.717, 1.165) is 0 Å². The van der Waals surface area contributed by atoms with Crippen LogP contribution in [-0.4, -0.2) is 17.8 Å². The van der Waals surface area contributed by atoms with E-state index in [0.29, 0.717) is 12.3 Å². The average Bonchev–Trinajstić information content (AvgIpc) is 2.12. The zero-order chi connectivity index (χ0) is 13.3. The molecule has 0 aliphatic carbocycles. The quantitative estimate of drug-likeness (QED) is 0.760. The minimum atomic E-state index is -4.58. The number of pyridine rings is 1. The van der Waals surface area contributed by atoms with Crippen LogP contribution in [0.25, 0.3) is 0 Å². The van der Waals surface area contributed by atoms with E-state index in [1.165, 1.54) is 6.92 Å². The Hall–Kier alpha value is -1.47. The van der Waals surface area contributed by atoms with Gasteiger partial charge in [-0.05, 0) is 13.0 Å². The van der Waals surface area contributed by atoms with Crippen LogP contribution in [0.1, 0.15) is 11.1 Å². The average molecular weight is 259 g/mol. The third-order valence-corrected chi connectivity index (χ3v) is 1.73. The van der Waals surface area contributed by atoms with Gasteiger partial charge in [0.1, 0.15) is 0 Å². The van der Waals surface area contributed by atoms with E-state index in [9.17, 15) is 26.3 Å². The number of halogens is 6. The van der Waals surface area contributed by atoms with Crippen LogP contribution in [0.2, 0.25) is 0 Å². The molecule has 0 unspecified atom stereocenters. The number of ether oxygens (including phenoxy) is 1. The predicted molar refractivity (Wildman–Crippen MR) is 45.5 cm³/mol. The minimum absolute atomic E-state index is 0.107. The van der Waals surface area contributed by atoms with E-state index in [1.807, 2.05) is 0 Å². The van der Waals surface area contributed by atoms with Crippen LogP contribution in [-0.2, 0) is 6.18 Å². The third kappa shape index (κ3) is 4.12. The van der Waals surface area contributed by atoms with Crippen LogP contribution in [0.5, 0.6) is 5.88 Å². The fraction of sp³-hybridized carbons (Fsp3) is 0.444. The van der Waals surface area contributed by atoms with Gasteiger partial charge in [0, 0.05) is 11.8 Å². The van der Waals surface area contributed by atoms with E-state index in [-0.39, 0.29) is 5.56 Å². The summed E-state index contributed by atoms with van der Waals surface area (Å²) in [5, 5.41) is 0. The van der Waals surface area contributed by atoms with Crippen LogP contribution >= 0.6 is 0 Å². The van der Waals surface area contributed by atoms with E-state index in [4.69, 9.17) is 0 Å². The summed E-state index contributed by atoms with van der Waals surface area (Å²) in [7, 11) is 0. The Morgan fingerprint density at radius 1 is 1.18 bits per heavy atom. The van der Waals surface area contributed by atoms with Gasteiger partial charge in [-0.3, -0.25) is 0 Å². The van der Waals surface area contributed by atoms with Crippen LogP contribution < -0.4 is 4.74 Å².